The van der Waals surface area contributed by atoms with Gasteiger partial charge in [-0.15, -0.1) is 0 Å². The van der Waals surface area contributed by atoms with Gasteiger partial charge >= 0.3 is 11.9 Å². The molecular formula is C28H29F2NO5. The van der Waals surface area contributed by atoms with Crippen LogP contribution in [0.1, 0.15) is 39.0 Å². The zero-order valence-electron chi connectivity index (χ0n) is 20.5. The van der Waals surface area contributed by atoms with E-state index >= 15 is 0 Å². The highest BCUT2D eigenvalue weighted by Gasteiger charge is 2.40. The van der Waals surface area contributed by atoms with Crippen LogP contribution in [0.2, 0.25) is 0 Å². The van der Waals surface area contributed by atoms with Gasteiger partial charge in [-0.2, -0.15) is 8.78 Å². The number of carbonyl (C=O) groups is 2. The van der Waals surface area contributed by atoms with Crippen molar-refractivity contribution in [3.63, 3.8) is 0 Å². The Hall–Kier alpha value is -3.94. The van der Waals surface area contributed by atoms with E-state index in [4.69, 9.17) is 14.6 Å². The summed E-state index contributed by atoms with van der Waals surface area (Å²) in [5, 5.41) is 8.78. The molecule has 3 aromatic rings. The number of aryl methyl sites for hydroxylation is 1. The summed E-state index contributed by atoms with van der Waals surface area (Å²) in [5.41, 5.74) is 2.27. The fourth-order valence-corrected chi connectivity index (χ4v) is 3.93. The minimum atomic E-state index is -3.99. The first-order chi connectivity index (χ1) is 17.2. The van der Waals surface area contributed by atoms with Crippen molar-refractivity contribution in [2.24, 2.45) is 0 Å². The number of ether oxygens (including phenoxy) is 2. The van der Waals surface area contributed by atoms with Crippen molar-refractivity contribution in [3.8, 4) is 11.5 Å². The molecule has 0 unspecified atom stereocenters. The van der Waals surface area contributed by atoms with Gasteiger partial charge in [0.15, 0.2) is 0 Å². The van der Waals surface area contributed by atoms with Crippen molar-refractivity contribution in [3.05, 3.63) is 94.5 Å². The van der Waals surface area contributed by atoms with Crippen LogP contribution in [-0.2, 0) is 23.7 Å². The van der Waals surface area contributed by atoms with Gasteiger partial charge in [0, 0.05) is 29.8 Å². The number of aliphatic carboxylic acids is 1. The summed E-state index contributed by atoms with van der Waals surface area (Å²) >= 11 is 0. The SMILES string of the molecule is COc1cc(C(=O)N(CCCc2ccccc2)Cc2ccc(C(F)(F)C(=O)O)cc2)cc(OC)c1C. The summed E-state index contributed by atoms with van der Waals surface area (Å²) in [7, 11) is 3.03. The van der Waals surface area contributed by atoms with E-state index in [0.29, 0.717) is 35.6 Å². The average Bonchev–Trinajstić information content (AvgIpc) is 2.88. The van der Waals surface area contributed by atoms with Crippen LogP contribution in [0.4, 0.5) is 8.78 Å². The minimum absolute atomic E-state index is 0.158. The molecule has 3 rings (SSSR count). The number of nitrogens with zero attached hydrogens (tertiary/aromatic N) is 1. The van der Waals surface area contributed by atoms with Gasteiger partial charge < -0.3 is 19.5 Å². The smallest absolute Gasteiger partial charge is 0.379 e. The maximum absolute atomic E-state index is 13.8. The molecule has 0 spiro atoms. The maximum atomic E-state index is 13.8. The summed E-state index contributed by atoms with van der Waals surface area (Å²) in [4.78, 5) is 26.1. The number of amides is 1. The molecule has 0 aliphatic rings. The average molecular weight is 498 g/mol. The van der Waals surface area contributed by atoms with Crippen molar-refractivity contribution >= 4 is 11.9 Å². The summed E-state index contributed by atoms with van der Waals surface area (Å²) < 4.78 is 38.5. The van der Waals surface area contributed by atoms with E-state index in [1.54, 1.807) is 17.0 Å². The Balaban J connectivity index is 1.86. The van der Waals surface area contributed by atoms with Crippen molar-refractivity contribution in [1.82, 2.24) is 4.90 Å². The number of alkyl halides is 2. The summed E-state index contributed by atoms with van der Waals surface area (Å²) in [6, 6.07) is 18.2. The lowest BCUT2D eigenvalue weighted by Gasteiger charge is -2.24. The third kappa shape index (κ3) is 6.19. The summed E-state index contributed by atoms with van der Waals surface area (Å²) in [5.74, 6) is -5.43. The van der Waals surface area contributed by atoms with Gasteiger partial charge in [-0.25, -0.2) is 4.79 Å². The number of carbonyl (C=O) groups excluding carboxylic acids is 1. The Kier molecular flexibility index (Phi) is 8.64. The first-order valence-corrected chi connectivity index (χ1v) is 11.4. The number of halogens is 2. The third-order valence-corrected chi connectivity index (χ3v) is 5.98. The molecule has 8 heteroatoms. The van der Waals surface area contributed by atoms with Crippen LogP contribution in [0.3, 0.4) is 0 Å². The van der Waals surface area contributed by atoms with Crippen LogP contribution >= 0.6 is 0 Å². The van der Waals surface area contributed by atoms with Gasteiger partial charge in [0.1, 0.15) is 11.5 Å². The largest absolute Gasteiger partial charge is 0.496 e. The van der Waals surface area contributed by atoms with Gasteiger partial charge in [0.2, 0.25) is 0 Å². The van der Waals surface area contributed by atoms with E-state index in [0.717, 1.165) is 29.7 Å². The number of methoxy groups -OCH3 is 2. The molecule has 0 aromatic heterocycles. The first kappa shape index (κ1) is 26.7. The molecule has 190 valence electrons. The van der Waals surface area contributed by atoms with Crippen LogP contribution in [0.15, 0.2) is 66.7 Å². The zero-order chi connectivity index (χ0) is 26.3. The molecule has 6 nitrogen and oxygen atoms in total. The van der Waals surface area contributed by atoms with E-state index < -0.39 is 17.5 Å². The van der Waals surface area contributed by atoms with Gasteiger partial charge in [-0.1, -0.05) is 54.6 Å². The quantitative estimate of drug-likeness (QED) is 0.381. The fraction of sp³-hybridized carbons (Fsp3) is 0.286. The Morgan fingerprint density at radius 2 is 1.50 bits per heavy atom. The molecule has 36 heavy (non-hydrogen) atoms. The standard InChI is InChI=1S/C28H29F2NO5/c1-19-24(35-2)16-22(17-25(19)36-3)26(32)31(15-7-10-20-8-5-4-6-9-20)18-21-11-13-23(14-12-21)28(29,30)27(33)34/h4-6,8-9,11-14,16-17H,7,10,15,18H2,1-3H3,(H,33,34). The molecule has 0 aliphatic heterocycles. The third-order valence-electron chi connectivity index (χ3n) is 5.98. The monoisotopic (exact) mass is 497 g/mol. The van der Waals surface area contributed by atoms with E-state index in [1.165, 1.54) is 26.4 Å². The van der Waals surface area contributed by atoms with Crippen molar-refractivity contribution < 1.29 is 33.0 Å². The Morgan fingerprint density at radius 3 is 2.03 bits per heavy atom. The second-order valence-electron chi connectivity index (χ2n) is 8.40. The van der Waals surface area contributed by atoms with E-state index in [-0.39, 0.29) is 12.5 Å². The highest BCUT2D eigenvalue weighted by Crippen LogP contribution is 2.31. The number of benzene rings is 3. The molecule has 1 N–H and O–H groups in total. The topological polar surface area (TPSA) is 76.1 Å². The lowest BCUT2D eigenvalue weighted by molar-refractivity contribution is -0.166. The molecule has 1 amide bonds. The van der Waals surface area contributed by atoms with E-state index in [2.05, 4.69) is 0 Å². The van der Waals surface area contributed by atoms with Crippen LogP contribution < -0.4 is 9.47 Å². The highest BCUT2D eigenvalue weighted by atomic mass is 19.3. The second-order valence-corrected chi connectivity index (χ2v) is 8.40. The molecular weight excluding hydrogens is 468 g/mol. The summed E-state index contributed by atoms with van der Waals surface area (Å²) in [6.45, 7) is 2.41. The zero-order valence-corrected chi connectivity index (χ0v) is 20.5. The highest BCUT2D eigenvalue weighted by molar-refractivity contribution is 5.95. The molecule has 0 bridgehead atoms. The summed E-state index contributed by atoms with van der Waals surface area (Å²) in [6.07, 6.45) is 1.44. The van der Waals surface area contributed by atoms with Crippen LogP contribution in [-0.4, -0.2) is 42.6 Å². The minimum Gasteiger partial charge on any atom is -0.496 e. The number of hydrogen-bond donors (Lipinski definition) is 1. The predicted molar refractivity (Wildman–Crippen MR) is 132 cm³/mol. The second kappa shape index (κ2) is 11.7. The van der Waals surface area contributed by atoms with Gasteiger partial charge in [-0.3, -0.25) is 4.79 Å². The van der Waals surface area contributed by atoms with Gasteiger partial charge in [0.25, 0.3) is 5.91 Å². The van der Waals surface area contributed by atoms with Crippen molar-refractivity contribution in [2.45, 2.75) is 32.2 Å². The molecule has 0 radical (unpaired) electrons. The fourth-order valence-electron chi connectivity index (χ4n) is 3.93. The Bertz CT molecular complexity index is 1170. The maximum Gasteiger partial charge on any atom is 0.379 e. The normalized spacial score (nSPS) is 11.1. The van der Waals surface area contributed by atoms with Crippen LogP contribution in [0, 0.1) is 6.92 Å². The molecule has 0 fully saturated rings. The van der Waals surface area contributed by atoms with Gasteiger partial charge in [0.05, 0.1) is 14.2 Å². The Morgan fingerprint density at radius 1 is 0.917 bits per heavy atom. The number of rotatable bonds is 11. The number of carboxylic acids is 1. The van der Waals surface area contributed by atoms with Crippen molar-refractivity contribution in [2.75, 3.05) is 20.8 Å². The first-order valence-electron chi connectivity index (χ1n) is 11.4. The lowest BCUT2D eigenvalue weighted by Crippen LogP contribution is -2.32. The molecule has 0 aliphatic carbocycles. The van der Waals surface area contributed by atoms with Crippen molar-refractivity contribution in [1.29, 1.82) is 0 Å². The van der Waals surface area contributed by atoms with Crippen LogP contribution in [0.5, 0.6) is 11.5 Å². The molecule has 0 saturated carbocycles. The molecule has 0 saturated heterocycles. The molecule has 0 heterocycles. The number of hydrogen-bond acceptors (Lipinski definition) is 4. The Labute approximate surface area is 209 Å². The van der Waals surface area contributed by atoms with Gasteiger partial charge in [-0.05, 0) is 43.0 Å². The molecule has 0 atom stereocenters. The lowest BCUT2D eigenvalue weighted by atomic mass is 10.0. The van der Waals surface area contributed by atoms with E-state index in [1.807, 2.05) is 37.3 Å². The number of carboxylic acid groups (broad SMARTS) is 1. The van der Waals surface area contributed by atoms with Crippen LogP contribution in [0.25, 0.3) is 0 Å². The predicted octanol–water partition coefficient (Wildman–Crippen LogP) is 5.46. The van der Waals surface area contributed by atoms with E-state index in [9.17, 15) is 18.4 Å². The molecule has 3 aromatic carbocycles.